The van der Waals surface area contributed by atoms with E-state index in [2.05, 4.69) is 62.5 Å². The van der Waals surface area contributed by atoms with Crippen LogP contribution < -0.4 is 10.2 Å². The summed E-state index contributed by atoms with van der Waals surface area (Å²) >= 11 is 0. The van der Waals surface area contributed by atoms with E-state index < -0.39 is 26.6 Å². The molecule has 0 heterocycles. The Hall–Kier alpha value is -2.03. The summed E-state index contributed by atoms with van der Waals surface area (Å²) in [7, 11) is 1.18. The molecule has 1 amide bonds. The highest BCUT2D eigenvalue weighted by molar-refractivity contribution is 7.45. The molecule has 3 unspecified atom stereocenters. The van der Waals surface area contributed by atoms with Gasteiger partial charge in [-0.1, -0.05) is 294 Å². The molecule has 9 nitrogen and oxygen atoms in total. The molecule has 0 aliphatic heterocycles. The lowest BCUT2D eigenvalue weighted by Gasteiger charge is -2.30. The highest BCUT2D eigenvalue weighted by Gasteiger charge is 2.27. The van der Waals surface area contributed by atoms with Gasteiger partial charge in [0.2, 0.25) is 5.91 Å². The molecular formula is C69H131N2O7P. The summed E-state index contributed by atoms with van der Waals surface area (Å²) in [5.41, 5.74) is 0. The summed E-state index contributed by atoms with van der Waals surface area (Å²) < 4.78 is 30.4. The van der Waals surface area contributed by atoms with Crippen LogP contribution in [0.25, 0.3) is 0 Å². The molecule has 464 valence electrons. The number of carbonyl (C=O) groups is 2. The first kappa shape index (κ1) is 77.0. The standard InChI is InChI=1S/C69H131N2O7P/c1-7-10-13-16-19-22-25-28-30-32-33-34-35-36-37-39-41-44-47-50-53-56-59-62-69(73)78-67(60-57-54-51-48-45-42-27-24-21-18-15-12-9-3)66(65-77-79(74,75)76-64-63-71(4,5)6)70-68(72)61-58-55-52-49-46-43-40-38-31-29-26-23-20-17-14-11-8-2/h20,23,29,31,40,43,57,60,66-67H,7-19,21-22,24-28,30,32-39,41-42,44-56,58-59,61-65H2,1-6H3,(H-,70,72,74,75)/b23-20-,31-29-,43-40-,60-57-. The number of phosphoric acid groups is 1. The summed E-state index contributed by atoms with van der Waals surface area (Å²) in [4.78, 5) is 40.1. The number of hydrogen-bond donors (Lipinski definition) is 1. The van der Waals surface area contributed by atoms with Gasteiger partial charge in [0.1, 0.15) is 19.3 Å². The second kappa shape index (κ2) is 59.1. The Bertz CT molecular complexity index is 1490. The summed E-state index contributed by atoms with van der Waals surface area (Å²) in [5, 5.41) is 3.03. The highest BCUT2D eigenvalue weighted by atomic mass is 31.2. The molecule has 0 bridgehead atoms. The molecule has 0 saturated carbocycles. The third-order valence-corrected chi connectivity index (χ3v) is 16.2. The molecule has 0 fully saturated rings. The molecule has 0 aromatic heterocycles. The van der Waals surface area contributed by atoms with Crippen LogP contribution in [0.15, 0.2) is 48.6 Å². The number of hydrogen-bond acceptors (Lipinski definition) is 7. The summed E-state index contributed by atoms with van der Waals surface area (Å²) in [6.45, 7) is 6.84. The van der Waals surface area contributed by atoms with Gasteiger partial charge in [0.15, 0.2) is 0 Å². The third kappa shape index (κ3) is 60.4. The van der Waals surface area contributed by atoms with Gasteiger partial charge in [-0.2, -0.15) is 0 Å². The van der Waals surface area contributed by atoms with Gasteiger partial charge in [0.05, 0.1) is 33.8 Å². The van der Waals surface area contributed by atoms with Crippen LogP contribution >= 0.6 is 7.82 Å². The first-order valence-electron chi connectivity index (χ1n) is 33.9. The number of likely N-dealkylation sites (N-methyl/N-ethyl adjacent to an activating group) is 1. The number of esters is 1. The minimum atomic E-state index is -4.71. The number of nitrogens with zero attached hydrogens (tertiary/aromatic N) is 1. The average molecular weight is 1130 g/mol. The molecule has 0 aromatic rings. The Morgan fingerprint density at radius 1 is 0.443 bits per heavy atom. The SMILES string of the molecule is CCCCC/C=C\C/C=C\C/C=C\CCCCCCC(=O)NC(COP(=O)([O-])OCC[N+](C)(C)C)C(/C=C\CCCCCCCCCCCCC)OC(=O)CCCCCCCCCCCCCCCCCCCCCCCCC. The lowest BCUT2D eigenvalue weighted by molar-refractivity contribution is -0.870. The predicted molar refractivity (Wildman–Crippen MR) is 339 cm³/mol. The molecule has 3 atom stereocenters. The summed E-state index contributed by atoms with van der Waals surface area (Å²) in [6.07, 6.45) is 73.7. The number of allylic oxidation sites excluding steroid dienone is 7. The summed E-state index contributed by atoms with van der Waals surface area (Å²) in [6, 6.07) is -0.898. The van der Waals surface area contributed by atoms with Crippen molar-refractivity contribution in [2.75, 3.05) is 40.9 Å². The van der Waals surface area contributed by atoms with Crippen molar-refractivity contribution in [1.82, 2.24) is 5.32 Å². The monoisotopic (exact) mass is 1130 g/mol. The molecule has 0 aromatic carbocycles. The first-order chi connectivity index (χ1) is 38.4. The van der Waals surface area contributed by atoms with E-state index in [1.165, 1.54) is 212 Å². The van der Waals surface area contributed by atoms with E-state index in [1.807, 2.05) is 33.3 Å². The van der Waals surface area contributed by atoms with E-state index >= 15 is 0 Å². The largest absolute Gasteiger partial charge is 0.756 e. The molecular weight excluding hydrogens is 1000 g/mol. The Balaban J connectivity index is 5.16. The van der Waals surface area contributed by atoms with Crippen molar-refractivity contribution in [3.8, 4) is 0 Å². The van der Waals surface area contributed by atoms with Crippen LogP contribution in [-0.4, -0.2) is 69.4 Å². The molecule has 10 heteroatoms. The number of unbranched alkanes of at least 4 members (excludes halogenated alkanes) is 40. The fourth-order valence-electron chi connectivity index (χ4n) is 10.0. The van der Waals surface area contributed by atoms with Gasteiger partial charge in [-0.25, -0.2) is 0 Å². The van der Waals surface area contributed by atoms with Gasteiger partial charge in [-0.15, -0.1) is 0 Å². The molecule has 0 aliphatic carbocycles. The van der Waals surface area contributed by atoms with Gasteiger partial charge >= 0.3 is 5.97 Å². The molecule has 79 heavy (non-hydrogen) atoms. The van der Waals surface area contributed by atoms with Crippen LogP contribution in [0.2, 0.25) is 0 Å². The Morgan fingerprint density at radius 3 is 1.18 bits per heavy atom. The van der Waals surface area contributed by atoms with Crippen LogP contribution in [-0.2, 0) is 27.9 Å². The second-order valence-electron chi connectivity index (χ2n) is 24.3. The molecule has 1 N–H and O–H groups in total. The maximum Gasteiger partial charge on any atom is 0.306 e. The van der Waals surface area contributed by atoms with Crippen molar-refractivity contribution in [3.63, 3.8) is 0 Å². The fourth-order valence-corrected chi connectivity index (χ4v) is 10.7. The zero-order valence-corrected chi connectivity index (χ0v) is 54.0. The number of carbonyl (C=O) groups excluding carboxylic acids is 2. The van der Waals surface area contributed by atoms with E-state index in [4.69, 9.17) is 13.8 Å². The van der Waals surface area contributed by atoms with Crippen molar-refractivity contribution in [1.29, 1.82) is 0 Å². The molecule has 0 radical (unpaired) electrons. The van der Waals surface area contributed by atoms with Crippen LogP contribution in [0.3, 0.4) is 0 Å². The van der Waals surface area contributed by atoms with Crippen LogP contribution in [0.5, 0.6) is 0 Å². The van der Waals surface area contributed by atoms with Gasteiger partial charge in [-0.3, -0.25) is 14.2 Å². The quantitative estimate of drug-likeness (QED) is 0.0212. The van der Waals surface area contributed by atoms with E-state index in [9.17, 15) is 19.0 Å². The van der Waals surface area contributed by atoms with E-state index in [1.54, 1.807) is 0 Å². The van der Waals surface area contributed by atoms with E-state index in [0.29, 0.717) is 23.9 Å². The normalized spacial score (nSPS) is 13.9. The smallest absolute Gasteiger partial charge is 0.306 e. The number of rotatable bonds is 62. The number of nitrogens with one attached hydrogen (secondary N) is 1. The Morgan fingerprint density at radius 2 is 0.772 bits per heavy atom. The fraction of sp³-hybridized carbons (Fsp3) is 0.855. The van der Waals surface area contributed by atoms with Crippen molar-refractivity contribution >= 4 is 19.7 Å². The van der Waals surface area contributed by atoms with Crippen molar-refractivity contribution in [3.05, 3.63) is 48.6 Å². The number of phosphoric ester groups is 1. The zero-order chi connectivity index (χ0) is 57.9. The van der Waals surface area contributed by atoms with Crippen molar-refractivity contribution < 1.29 is 37.3 Å². The maximum absolute atomic E-state index is 13.6. The lowest BCUT2D eigenvalue weighted by Crippen LogP contribution is -2.47. The molecule has 0 spiro atoms. The summed E-state index contributed by atoms with van der Waals surface area (Å²) in [5.74, 6) is -0.552. The lowest BCUT2D eigenvalue weighted by atomic mass is 10.0. The third-order valence-electron chi connectivity index (χ3n) is 15.3. The van der Waals surface area contributed by atoms with Crippen LogP contribution in [0.1, 0.15) is 329 Å². The van der Waals surface area contributed by atoms with Gasteiger partial charge in [0, 0.05) is 12.8 Å². The topological polar surface area (TPSA) is 114 Å². The van der Waals surface area contributed by atoms with Crippen molar-refractivity contribution in [2.45, 2.75) is 341 Å². The minimum Gasteiger partial charge on any atom is -0.756 e. The van der Waals surface area contributed by atoms with Crippen LogP contribution in [0.4, 0.5) is 0 Å². The van der Waals surface area contributed by atoms with E-state index in [0.717, 1.165) is 77.0 Å². The van der Waals surface area contributed by atoms with Crippen molar-refractivity contribution in [2.24, 2.45) is 0 Å². The molecule has 0 aliphatic rings. The van der Waals surface area contributed by atoms with E-state index in [-0.39, 0.29) is 24.9 Å². The highest BCUT2D eigenvalue weighted by Crippen LogP contribution is 2.38. The minimum absolute atomic E-state index is 0.0257. The first-order valence-corrected chi connectivity index (χ1v) is 35.4. The van der Waals surface area contributed by atoms with Gasteiger partial charge < -0.3 is 28.5 Å². The van der Waals surface area contributed by atoms with Crippen LogP contribution in [0, 0.1) is 0 Å². The molecule has 0 rings (SSSR count). The average Bonchev–Trinajstić information content (AvgIpc) is 3.41. The molecule has 0 saturated heterocycles. The van der Waals surface area contributed by atoms with Gasteiger partial charge in [-0.05, 0) is 70.3 Å². The maximum atomic E-state index is 13.6. The Kier molecular flexibility index (Phi) is 57.6. The zero-order valence-electron chi connectivity index (χ0n) is 53.1. The second-order valence-corrected chi connectivity index (χ2v) is 25.7. The number of quaternary nitrogens is 1. The predicted octanol–water partition coefficient (Wildman–Crippen LogP) is 20.6. The Labute approximate surface area is 490 Å². The number of ether oxygens (including phenoxy) is 1. The number of amides is 1. The van der Waals surface area contributed by atoms with Gasteiger partial charge in [0.25, 0.3) is 7.82 Å².